The second-order valence-electron chi connectivity index (χ2n) is 7.18. The van der Waals surface area contributed by atoms with Crippen LogP contribution in [-0.2, 0) is 0 Å². The molecule has 0 N–H and O–H groups in total. The fraction of sp³-hybridized carbons (Fsp3) is 1.00. The smallest absolute Gasteiger partial charge is 0.000356 e. The predicted octanol–water partition coefficient (Wildman–Crippen LogP) is 3.87. The van der Waals surface area contributed by atoms with Crippen LogP contribution in [0.25, 0.3) is 0 Å². The molecule has 0 aliphatic heterocycles. The van der Waals surface area contributed by atoms with E-state index in [9.17, 15) is 0 Å². The summed E-state index contributed by atoms with van der Waals surface area (Å²) in [5, 5.41) is 0. The third-order valence-corrected chi connectivity index (χ3v) is 4.45. The minimum atomic E-state index is 1.00. The Morgan fingerprint density at radius 1 is 0.579 bits per heavy atom. The van der Waals surface area contributed by atoms with Gasteiger partial charge in [-0.05, 0) is 65.7 Å². The zero-order valence-electron chi connectivity index (χ0n) is 13.8. The van der Waals surface area contributed by atoms with Gasteiger partial charge in [-0.1, -0.05) is 32.1 Å². The van der Waals surface area contributed by atoms with E-state index in [0.717, 1.165) is 11.8 Å². The molecule has 114 valence electrons. The second-order valence-corrected chi connectivity index (χ2v) is 7.18. The first-order valence-electron chi connectivity index (χ1n) is 8.37. The Morgan fingerprint density at radius 2 is 0.895 bits per heavy atom. The van der Waals surface area contributed by atoms with Gasteiger partial charge in [-0.2, -0.15) is 0 Å². The van der Waals surface area contributed by atoms with E-state index in [-0.39, 0.29) is 0 Å². The Hall–Kier alpha value is -0.0800. The minimum Gasteiger partial charge on any atom is -0.309 e. The van der Waals surface area contributed by atoms with Crippen LogP contribution in [0.1, 0.15) is 57.8 Å². The molecule has 0 spiro atoms. The molecule has 2 rings (SSSR count). The maximum Gasteiger partial charge on any atom is 0.000356 e. The van der Waals surface area contributed by atoms with E-state index in [1.807, 2.05) is 0 Å². The molecule has 0 bridgehead atoms. The molecule has 0 unspecified atom stereocenters. The summed E-state index contributed by atoms with van der Waals surface area (Å²) in [5.74, 6) is 2.02. The summed E-state index contributed by atoms with van der Waals surface area (Å²) in [6.45, 7) is 2.61. The van der Waals surface area contributed by atoms with Gasteiger partial charge in [0, 0.05) is 13.1 Å². The third kappa shape index (κ3) is 8.65. The minimum absolute atomic E-state index is 1.00. The lowest BCUT2D eigenvalue weighted by Crippen LogP contribution is -2.23. The molecule has 19 heavy (non-hydrogen) atoms. The lowest BCUT2D eigenvalue weighted by molar-refractivity contribution is 0.264. The van der Waals surface area contributed by atoms with Gasteiger partial charge >= 0.3 is 0 Å². The van der Waals surface area contributed by atoms with Crippen molar-refractivity contribution in [2.45, 2.75) is 57.8 Å². The van der Waals surface area contributed by atoms with Gasteiger partial charge in [-0.15, -0.1) is 0 Å². The van der Waals surface area contributed by atoms with Crippen molar-refractivity contribution in [1.82, 2.24) is 9.80 Å². The summed E-state index contributed by atoms with van der Waals surface area (Å²) in [6.07, 6.45) is 13.2. The van der Waals surface area contributed by atoms with Gasteiger partial charge in [0.15, 0.2) is 0 Å². The van der Waals surface area contributed by atoms with Gasteiger partial charge in [0.25, 0.3) is 0 Å². The van der Waals surface area contributed by atoms with Crippen LogP contribution in [-0.4, -0.2) is 51.1 Å². The van der Waals surface area contributed by atoms with E-state index in [2.05, 4.69) is 38.0 Å². The molecule has 2 nitrogen and oxygen atoms in total. The summed E-state index contributed by atoms with van der Waals surface area (Å²) in [7, 11) is 8.68. The fourth-order valence-electron chi connectivity index (χ4n) is 3.60. The molecule has 2 aliphatic carbocycles. The predicted molar refractivity (Wildman–Crippen MR) is 85.6 cm³/mol. The van der Waals surface area contributed by atoms with Gasteiger partial charge in [-0.25, -0.2) is 0 Å². The van der Waals surface area contributed by atoms with E-state index in [4.69, 9.17) is 0 Å². The second kappa shape index (κ2) is 9.77. The average molecular weight is 268 g/mol. The monoisotopic (exact) mass is 268 g/mol. The van der Waals surface area contributed by atoms with Crippen LogP contribution in [0.2, 0.25) is 0 Å². The highest BCUT2D eigenvalue weighted by Gasteiger charge is 2.14. The summed E-state index contributed by atoms with van der Waals surface area (Å²) < 4.78 is 0. The SMILES string of the molecule is CN(C)CC1CCCC1.CN(C)CC1CCCCC1. The van der Waals surface area contributed by atoms with Crippen molar-refractivity contribution in [2.75, 3.05) is 41.3 Å². The highest BCUT2D eigenvalue weighted by atomic mass is 15.1. The number of hydrogen-bond acceptors (Lipinski definition) is 2. The van der Waals surface area contributed by atoms with Crippen LogP contribution in [0.15, 0.2) is 0 Å². The first kappa shape index (κ1) is 17.0. The van der Waals surface area contributed by atoms with Crippen molar-refractivity contribution in [3.05, 3.63) is 0 Å². The molecule has 0 atom stereocenters. The molecule has 0 aromatic rings. The van der Waals surface area contributed by atoms with Crippen molar-refractivity contribution in [3.8, 4) is 0 Å². The Balaban J connectivity index is 0.000000191. The van der Waals surface area contributed by atoms with Gasteiger partial charge in [0.2, 0.25) is 0 Å². The topological polar surface area (TPSA) is 6.48 Å². The van der Waals surface area contributed by atoms with Gasteiger partial charge in [-0.3, -0.25) is 0 Å². The lowest BCUT2D eigenvalue weighted by Gasteiger charge is -2.24. The maximum atomic E-state index is 2.32. The molecule has 0 radical (unpaired) electrons. The Morgan fingerprint density at radius 3 is 1.21 bits per heavy atom. The molecule has 0 amide bonds. The van der Waals surface area contributed by atoms with Crippen molar-refractivity contribution in [3.63, 3.8) is 0 Å². The van der Waals surface area contributed by atoms with Crippen LogP contribution in [0, 0.1) is 11.8 Å². The number of rotatable bonds is 4. The van der Waals surface area contributed by atoms with Crippen LogP contribution in [0.4, 0.5) is 0 Å². The van der Waals surface area contributed by atoms with Crippen LogP contribution >= 0.6 is 0 Å². The Bertz CT molecular complexity index is 201. The fourth-order valence-corrected chi connectivity index (χ4v) is 3.60. The third-order valence-electron chi connectivity index (χ3n) is 4.45. The first-order chi connectivity index (χ1) is 9.08. The largest absolute Gasteiger partial charge is 0.309 e. The van der Waals surface area contributed by atoms with E-state index in [1.165, 1.54) is 70.9 Å². The van der Waals surface area contributed by atoms with Gasteiger partial charge in [0.1, 0.15) is 0 Å². The normalized spacial score (nSPS) is 21.8. The summed E-state index contributed by atoms with van der Waals surface area (Å²) in [4.78, 5) is 4.62. The Labute approximate surface area is 121 Å². The van der Waals surface area contributed by atoms with E-state index in [1.54, 1.807) is 0 Å². The highest BCUT2D eigenvalue weighted by Crippen LogP contribution is 2.24. The zero-order chi connectivity index (χ0) is 14.1. The van der Waals surface area contributed by atoms with Crippen LogP contribution < -0.4 is 0 Å². The van der Waals surface area contributed by atoms with Crippen molar-refractivity contribution in [1.29, 1.82) is 0 Å². The molecule has 0 saturated heterocycles. The van der Waals surface area contributed by atoms with Gasteiger partial charge < -0.3 is 9.80 Å². The number of nitrogens with zero attached hydrogens (tertiary/aromatic N) is 2. The quantitative estimate of drug-likeness (QED) is 0.764. The van der Waals surface area contributed by atoms with E-state index in [0.29, 0.717) is 0 Å². The molecule has 0 aromatic carbocycles. The average Bonchev–Trinajstić information content (AvgIpc) is 2.82. The van der Waals surface area contributed by atoms with Crippen molar-refractivity contribution < 1.29 is 0 Å². The van der Waals surface area contributed by atoms with Crippen molar-refractivity contribution >= 4 is 0 Å². The van der Waals surface area contributed by atoms with Crippen molar-refractivity contribution in [2.24, 2.45) is 11.8 Å². The van der Waals surface area contributed by atoms with E-state index >= 15 is 0 Å². The van der Waals surface area contributed by atoms with Crippen LogP contribution in [0.5, 0.6) is 0 Å². The highest BCUT2D eigenvalue weighted by molar-refractivity contribution is 4.69. The molecule has 2 aliphatic rings. The summed E-state index contributed by atoms with van der Waals surface area (Å²) in [6, 6.07) is 0. The number of hydrogen-bond donors (Lipinski definition) is 0. The molecular weight excluding hydrogens is 232 g/mol. The zero-order valence-corrected chi connectivity index (χ0v) is 13.8. The molecule has 0 heterocycles. The molecule has 2 heteroatoms. The van der Waals surface area contributed by atoms with E-state index < -0.39 is 0 Å². The Kier molecular flexibility index (Phi) is 8.72. The lowest BCUT2D eigenvalue weighted by atomic mass is 9.89. The molecule has 2 saturated carbocycles. The molecule has 0 aromatic heterocycles. The summed E-state index contributed by atoms with van der Waals surface area (Å²) >= 11 is 0. The standard InChI is InChI=1S/C9H19N.C8H17N/c1-10(2)8-9-6-4-3-5-7-9;1-9(2)7-8-5-3-4-6-8/h9H,3-8H2,1-2H3;8H,3-7H2,1-2H3. The molecule has 2 fully saturated rings. The van der Waals surface area contributed by atoms with Gasteiger partial charge in [0.05, 0.1) is 0 Å². The van der Waals surface area contributed by atoms with Crippen LogP contribution in [0.3, 0.4) is 0 Å². The summed E-state index contributed by atoms with van der Waals surface area (Å²) in [5.41, 5.74) is 0. The maximum absolute atomic E-state index is 2.32. The first-order valence-corrected chi connectivity index (χ1v) is 8.37. The molecular formula is C17H36N2.